The first-order valence-corrected chi connectivity index (χ1v) is 15.7. The minimum Gasteiger partial charge on any atom is -0.346 e. The van der Waals surface area contributed by atoms with Gasteiger partial charge in [0, 0.05) is 46.8 Å². The molecule has 1 aliphatic carbocycles. The maximum Gasteiger partial charge on any atom is 0.158 e. The van der Waals surface area contributed by atoms with Crippen LogP contribution >= 0.6 is 11.3 Å². The number of likely N-dealkylation sites (tertiary alicyclic amines) is 1. The molecule has 7 nitrogen and oxygen atoms in total. The van der Waals surface area contributed by atoms with E-state index < -0.39 is 9.84 Å². The van der Waals surface area contributed by atoms with Crippen LogP contribution in [0.2, 0.25) is 0 Å². The van der Waals surface area contributed by atoms with E-state index in [1.807, 2.05) is 15.9 Å². The highest BCUT2D eigenvalue weighted by Gasteiger charge is 2.59. The van der Waals surface area contributed by atoms with Crippen molar-refractivity contribution in [3.63, 3.8) is 0 Å². The lowest BCUT2D eigenvalue weighted by atomic mass is 9.88. The van der Waals surface area contributed by atoms with Crippen LogP contribution in [0, 0.1) is 26.7 Å². The topological polar surface area (TPSA) is 83.4 Å². The summed E-state index contributed by atoms with van der Waals surface area (Å²) in [5, 5.41) is 5.82. The normalized spacial score (nSPS) is 22.7. The van der Waals surface area contributed by atoms with Gasteiger partial charge in [-0.05, 0) is 74.2 Å². The molecular formula is C27H35N5O2S2. The van der Waals surface area contributed by atoms with E-state index in [-0.39, 0.29) is 11.2 Å². The quantitative estimate of drug-likeness (QED) is 0.383. The number of sulfone groups is 1. The molecule has 0 amide bonds. The average molecular weight is 526 g/mol. The molecule has 0 bridgehead atoms. The lowest BCUT2D eigenvalue weighted by molar-refractivity contribution is 0.218. The second-order valence-electron chi connectivity index (χ2n) is 11.4. The Balaban J connectivity index is 1.38. The maximum atomic E-state index is 11.6. The summed E-state index contributed by atoms with van der Waals surface area (Å²) in [6.07, 6.45) is 7.41. The van der Waals surface area contributed by atoms with Crippen LogP contribution in [0.4, 0.5) is 0 Å². The number of pyridine rings is 1. The molecule has 1 aliphatic heterocycles. The molecule has 192 valence electrons. The van der Waals surface area contributed by atoms with Gasteiger partial charge in [-0.15, -0.1) is 11.3 Å². The minimum atomic E-state index is -2.92. The molecule has 2 atom stereocenters. The predicted molar refractivity (Wildman–Crippen MR) is 147 cm³/mol. The number of hydrogen-bond acceptors (Lipinski definition) is 6. The predicted octanol–water partition coefficient (Wildman–Crippen LogP) is 5.00. The average Bonchev–Trinajstić information content (AvgIpc) is 3.09. The number of rotatable bonds is 6. The summed E-state index contributed by atoms with van der Waals surface area (Å²) in [7, 11) is -2.92. The Labute approximate surface area is 216 Å². The van der Waals surface area contributed by atoms with Crippen LogP contribution in [0.1, 0.15) is 59.7 Å². The zero-order valence-electron chi connectivity index (χ0n) is 22.0. The first-order chi connectivity index (χ1) is 17.0. The number of piperidine rings is 1. The van der Waals surface area contributed by atoms with Gasteiger partial charge in [-0.2, -0.15) is 5.10 Å². The van der Waals surface area contributed by atoms with Crippen molar-refractivity contribution in [3.05, 3.63) is 39.7 Å². The number of H-pyrrole nitrogens is 1. The van der Waals surface area contributed by atoms with Crippen molar-refractivity contribution >= 4 is 37.0 Å². The zero-order chi connectivity index (χ0) is 25.6. The summed E-state index contributed by atoms with van der Waals surface area (Å²) in [5.41, 5.74) is 8.83. The fraction of sp³-hybridized carbons (Fsp3) is 0.556. The van der Waals surface area contributed by atoms with Crippen molar-refractivity contribution in [1.82, 2.24) is 24.5 Å². The summed E-state index contributed by atoms with van der Waals surface area (Å²) >= 11 is 1.95. The highest BCUT2D eigenvalue weighted by Crippen LogP contribution is 2.62. The number of nitrogens with zero attached hydrogens (tertiary/aromatic N) is 4. The third-order valence-electron chi connectivity index (χ3n) is 8.71. The lowest BCUT2D eigenvalue weighted by Gasteiger charge is -2.31. The first kappa shape index (κ1) is 24.1. The minimum absolute atomic E-state index is 0.258. The van der Waals surface area contributed by atoms with Crippen LogP contribution in [0.25, 0.3) is 27.1 Å². The number of thiophene rings is 1. The summed E-state index contributed by atoms with van der Waals surface area (Å²) in [6.45, 7) is 13.9. The number of hydrogen-bond donors (Lipinski definition) is 1. The summed E-state index contributed by atoms with van der Waals surface area (Å²) in [6, 6.07) is 0. The summed E-state index contributed by atoms with van der Waals surface area (Å²) in [5.74, 6) is 1.27. The van der Waals surface area contributed by atoms with Crippen LogP contribution < -0.4 is 0 Å². The standard InChI is InChI=1S/C27H35N5O2S2/c1-15(2)21-22-18(5)24(27-7-8-31(12-19(27)11-27)9-10-36(6,33)34)35-26(22)30-23(21)20-13-32-25(28-14-29-32)17(4)16(20)3/h13-15,19,30H,7-12H2,1-6H3. The number of nitrogens with one attached hydrogen (secondary N) is 1. The molecule has 36 heavy (non-hydrogen) atoms. The molecule has 0 spiro atoms. The molecular weight excluding hydrogens is 490 g/mol. The molecule has 9 heteroatoms. The van der Waals surface area contributed by atoms with Crippen LogP contribution in [0.3, 0.4) is 0 Å². The van der Waals surface area contributed by atoms with E-state index in [4.69, 9.17) is 0 Å². The van der Waals surface area contributed by atoms with Gasteiger partial charge >= 0.3 is 0 Å². The van der Waals surface area contributed by atoms with Gasteiger partial charge in [0.1, 0.15) is 21.0 Å². The van der Waals surface area contributed by atoms with Gasteiger partial charge in [-0.1, -0.05) is 13.8 Å². The fourth-order valence-electron chi connectivity index (χ4n) is 6.53. The van der Waals surface area contributed by atoms with Crippen LogP contribution in [-0.2, 0) is 15.3 Å². The summed E-state index contributed by atoms with van der Waals surface area (Å²) in [4.78, 5) is 13.5. The fourth-order valence-corrected chi connectivity index (χ4v) is 8.65. The molecule has 6 rings (SSSR count). The second-order valence-corrected chi connectivity index (χ2v) is 14.7. The molecule has 0 radical (unpaired) electrons. The van der Waals surface area contributed by atoms with E-state index in [2.05, 4.69) is 60.8 Å². The number of aromatic amines is 1. The zero-order valence-corrected chi connectivity index (χ0v) is 23.6. The SMILES string of the molecule is Cc1c(-c2[nH]c3sc(C45CCN(CCS(C)(=O)=O)CC4C5)c(C)c3c2C(C)C)cn2ncnc2c1C. The van der Waals surface area contributed by atoms with E-state index in [1.165, 1.54) is 50.8 Å². The molecule has 4 aromatic rings. The monoisotopic (exact) mass is 525 g/mol. The van der Waals surface area contributed by atoms with E-state index in [0.717, 1.165) is 30.7 Å². The van der Waals surface area contributed by atoms with Gasteiger partial charge in [0.25, 0.3) is 0 Å². The van der Waals surface area contributed by atoms with E-state index in [0.29, 0.717) is 18.4 Å². The smallest absolute Gasteiger partial charge is 0.158 e. The van der Waals surface area contributed by atoms with Gasteiger partial charge < -0.3 is 9.88 Å². The Morgan fingerprint density at radius 3 is 2.69 bits per heavy atom. The van der Waals surface area contributed by atoms with Crippen LogP contribution in [-0.4, -0.2) is 64.5 Å². The lowest BCUT2D eigenvalue weighted by Crippen LogP contribution is -2.38. The van der Waals surface area contributed by atoms with Crippen molar-refractivity contribution in [1.29, 1.82) is 0 Å². The Hall–Kier alpha value is -2.23. The van der Waals surface area contributed by atoms with Gasteiger partial charge in [0.15, 0.2) is 5.65 Å². The van der Waals surface area contributed by atoms with Gasteiger partial charge in [-0.25, -0.2) is 17.9 Å². The van der Waals surface area contributed by atoms with Gasteiger partial charge in [0.05, 0.1) is 11.4 Å². The Morgan fingerprint density at radius 2 is 2.00 bits per heavy atom. The number of aromatic nitrogens is 4. The molecule has 2 aliphatic rings. The van der Waals surface area contributed by atoms with Crippen molar-refractivity contribution in [2.24, 2.45) is 5.92 Å². The molecule has 1 N–H and O–H groups in total. The first-order valence-electron chi connectivity index (χ1n) is 12.9. The highest BCUT2D eigenvalue weighted by molar-refractivity contribution is 7.90. The molecule has 5 heterocycles. The molecule has 0 aromatic carbocycles. The van der Waals surface area contributed by atoms with Gasteiger partial charge in [0.2, 0.25) is 0 Å². The molecule has 4 aromatic heterocycles. The second kappa shape index (κ2) is 8.13. The van der Waals surface area contributed by atoms with E-state index in [1.54, 1.807) is 11.2 Å². The van der Waals surface area contributed by atoms with Crippen molar-refractivity contribution in [2.45, 2.75) is 58.8 Å². The third-order valence-corrected chi connectivity index (χ3v) is 11.1. The highest BCUT2D eigenvalue weighted by atomic mass is 32.2. The molecule has 1 saturated heterocycles. The van der Waals surface area contributed by atoms with Crippen molar-refractivity contribution < 1.29 is 8.42 Å². The van der Waals surface area contributed by atoms with Crippen molar-refractivity contribution in [3.8, 4) is 11.3 Å². The summed E-state index contributed by atoms with van der Waals surface area (Å²) < 4.78 is 25.2. The van der Waals surface area contributed by atoms with Crippen LogP contribution in [0.15, 0.2) is 12.5 Å². The molecule has 1 saturated carbocycles. The maximum absolute atomic E-state index is 11.6. The number of aryl methyl sites for hydroxylation is 2. The Bertz CT molecular complexity index is 1610. The van der Waals surface area contributed by atoms with Crippen molar-refractivity contribution in [2.75, 3.05) is 31.6 Å². The third kappa shape index (κ3) is 3.65. The van der Waals surface area contributed by atoms with E-state index >= 15 is 0 Å². The number of fused-ring (bicyclic) bond motifs is 3. The Morgan fingerprint density at radius 1 is 1.22 bits per heavy atom. The molecule has 2 fully saturated rings. The Kier molecular flexibility index (Phi) is 5.45. The van der Waals surface area contributed by atoms with Crippen LogP contribution in [0.5, 0.6) is 0 Å². The van der Waals surface area contributed by atoms with Gasteiger partial charge in [-0.3, -0.25) is 0 Å². The largest absolute Gasteiger partial charge is 0.346 e. The van der Waals surface area contributed by atoms with E-state index in [9.17, 15) is 8.42 Å². The molecule has 2 unspecified atom stereocenters.